The second-order valence-corrected chi connectivity index (χ2v) is 6.13. The van der Waals surface area contributed by atoms with Crippen molar-refractivity contribution in [3.05, 3.63) is 34.2 Å². The van der Waals surface area contributed by atoms with Crippen molar-refractivity contribution in [3.63, 3.8) is 0 Å². The number of carbonyl (C=O) groups excluding carboxylic acids is 1. The number of pyridine rings is 1. The Labute approximate surface area is 154 Å². The number of unbranched alkanes of at least 4 members (excludes halogenated alkanes) is 1. The van der Waals surface area contributed by atoms with Crippen molar-refractivity contribution in [2.45, 2.75) is 40.2 Å². The van der Waals surface area contributed by atoms with Gasteiger partial charge in [-0.05, 0) is 32.4 Å². The lowest BCUT2D eigenvalue weighted by Crippen LogP contribution is -2.33. The number of ether oxygens (including phenoxy) is 2. The van der Waals surface area contributed by atoms with Crippen molar-refractivity contribution in [3.8, 4) is 11.5 Å². The van der Waals surface area contributed by atoms with Crippen LogP contribution in [0.5, 0.6) is 11.5 Å². The topological polar surface area (TPSA) is 60.8 Å². The molecule has 0 spiro atoms. The maximum Gasteiger partial charge on any atom is 0.258 e. The number of aryl methyl sites for hydroxylation is 1. The zero-order valence-corrected chi connectivity index (χ0v) is 16.3. The number of carbonyl (C=O) groups is 1. The largest absolute Gasteiger partial charge is 0.493 e. The molecule has 0 radical (unpaired) electrons. The third-order valence-corrected chi connectivity index (χ3v) is 4.61. The fourth-order valence-electron chi connectivity index (χ4n) is 3.05. The highest BCUT2D eigenvalue weighted by Gasteiger charge is 2.21. The highest BCUT2D eigenvalue weighted by atomic mass is 16.5. The van der Waals surface area contributed by atoms with Gasteiger partial charge in [-0.1, -0.05) is 13.3 Å². The van der Waals surface area contributed by atoms with Gasteiger partial charge in [-0.3, -0.25) is 9.59 Å². The smallest absolute Gasteiger partial charge is 0.258 e. The van der Waals surface area contributed by atoms with Gasteiger partial charge in [0.25, 0.3) is 11.5 Å². The van der Waals surface area contributed by atoms with Gasteiger partial charge in [0.15, 0.2) is 11.5 Å². The number of hydrogen-bond donors (Lipinski definition) is 0. The molecule has 0 N–H and O–H groups in total. The molecular formula is C20H28N2O4. The first-order chi connectivity index (χ1) is 12.5. The number of rotatable bonds is 8. The summed E-state index contributed by atoms with van der Waals surface area (Å²) < 4.78 is 12.3. The summed E-state index contributed by atoms with van der Waals surface area (Å²) in [4.78, 5) is 27.7. The van der Waals surface area contributed by atoms with Crippen LogP contribution in [0.15, 0.2) is 23.1 Å². The Balaban J connectivity index is 2.73. The van der Waals surface area contributed by atoms with Gasteiger partial charge >= 0.3 is 0 Å². The molecule has 6 heteroatoms. The third-order valence-electron chi connectivity index (χ3n) is 4.61. The maximum absolute atomic E-state index is 13.2. The molecule has 0 saturated heterocycles. The van der Waals surface area contributed by atoms with Gasteiger partial charge in [0, 0.05) is 31.2 Å². The molecule has 0 aliphatic carbocycles. The van der Waals surface area contributed by atoms with Crippen LogP contribution >= 0.6 is 0 Å². The van der Waals surface area contributed by atoms with E-state index in [2.05, 4.69) is 6.92 Å². The van der Waals surface area contributed by atoms with Crippen LogP contribution in [-0.2, 0) is 6.54 Å². The molecule has 0 aliphatic heterocycles. The van der Waals surface area contributed by atoms with Crippen molar-refractivity contribution in [2.75, 3.05) is 27.3 Å². The summed E-state index contributed by atoms with van der Waals surface area (Å²) >= 11 is 0. The number of benzene rings is 1. The highest BCUT2D eigenvalue weighted by molar-refractivity contribution is 6.07. The summed E-state index contributed by atoms with van der Waals surface area (Å²) in [6.45, 7) is 7.77. The molecule has 1 aromatic carbocycles. The van der Waals surface area contributed by atoms with Crippen LogP contribution in [0.3, 0.4) is 0 Å². The van der Waals surface area contributed by atoms with E-state index in [0.29, 0.717) is 47.5 Å². The Morgan fingerprint density at radius 3 is 2.19 bits per heavy atom. The molecule has 0 fully saturated rings. The van der Waals surface area contributed by atoms with Crippen molar-refractivity contribution in [1.29, 1.82) is 0 Å². The zero-order valence-electron chi connectivity index (χ0n) is 16.3. The third kappa shape index (κ3) is 3.69. The van der Waals surface area contributed by atoms with Crippen molar-refractivity contribution in [2.24, 2.45) is 0 Å². The summed E-state index contributed by atoms with van der Waals surface area (Å²) in [5.74, 6) is 0.905. The lowest BCUT2D eigenvalue weighted by Gasteiger charge is -2.22. The highest BCUT2D eigenvalue weighted by Crippen LogP contribution is 2.32. The summed E-state index contributed by atoms with van der Waals surface area (Å²) in [6.07, 6.45) is 3.62. The summed E-state index contributed by atoms with van der Waals surface area (Å²) in [5, 5.41) is 1.05. The van der Waals surface area contributed by atoms with Gasteiger partial charge in [0.05, 0.1) is 25.2 Å². The minimum absolute atomic E-state index is 0.0691. The lowest BCUT2D eigenvalue weighted by molar-refractivity contribution is 0.0763. The summed E-state index contributed by atoms with van der Waals surface area (Å²) in [7, 11) is 3.07. The van der Waals surface area contributed by atoms with E-state index in [9.17, 15) is 9.59 Å². The molecule has 0 bridgehead atoms. The monoisotopic (exact) mass is 360 g/mol. The van der Waals surface area contributed by atoms with Crippen molar-refractivity contribution >= 4 is 16.7 Å². The summed E-state index contributed by atoms with van der Waals surface area (Å²) in [6, 6.07) is 3.37. The Hall–Kier alpha value is -2.50. The van der Waals surface area contributed by atoms with Crippen LogP contribution in [0.1, 0.15) is 44.0 Å². The second-order valence-electron chi connectivity index (χ2n) is 6.13. The van der Waals surface area contributed by atoms with Gasteiger partial charge in [-0.25, -0.2) is 0 Å². The van der Waals surface area contributed by atoms with E-state index >= 15 is 0 Å². The van der Waals surface area contributed by atoms with E-state index in [1.54, 1.807) is 22.9 Å². The molecule has 2 rings (SSSR count). The molecule has 0 unspecified atom stereocenters. The van der Waals surface area contributed by atoms with Crippen LogP contribution in [-0.4, -0.2) is 42.7 Å². The van der Waals surface area contributed by atoms with Gasteiger partial charge < -0.3 is 18.9 Å². The lowest BCUT2D eigenvalue weighted by atomic mass is 10.0. The first kappa shape index (κ1) is 19.8. The number of aromatic nitrogens is 1. The summed E-state index contributed by atoms with van der Waals surface area (Å²) in [5.41, 5.74) is 0.372. The average Bonchev–Trinajstić information content (AvgIpc) is 2.67. The molecule has 142 valence electrons. The Bertz CT molecular complexity index is 842. The predicted molar refractivity (Wildman–Crippen MR) is 103 cm³/mol. The molecule has 1 amide bonds. The minimum Gasteiger partial charge on any atom is -0.493 e. The van der Waals surface area contributed by atoms with E-state index < -0.39 is 0 Å². The van der Waals surface area contributed by atoms with Crippen LogP contribution in [0.25, 0.3) is 10.8 Å². The van der Waals surface area contributed by atoms with Crippen LogP contribution < -0.4 is 15.0 Å². The van der Waals surface area contributed by atoms with Crippen LogP contribution in [0.4, 0.5) is 0 Å². The quantitative estimate of drug-likeness (QED) is 0.725. The van der Waals surface area contributed by atoms with E-state index in [1.165, 1.54) is 14.2 Å². The molecule has 6 nitrogen and oxygen atoms in total. The van der Waals surface area contributed by atoms with E-state index in [0.717, 1.165) is 12.8 Å². The zero-order chi connectivity index (χ0) is 19.3. The van der Waals surface area contributed by atoms with Gasteiger partial charge in [-0.15, -0.1) is 0 Å². The van der Waals surface area contributed by atoms with Crippen molar-refractivity contribution in [1.82, 2.24) is 9.47 Å². The standard InChI is InChI=1S/C20H28N2O4/c1-6-9-10-21(7-2)20(24)16-13-22(8-3)19(23)15-12-18(26-5)17(25-4)11-14(15)16/h11-13H,6-10H2,1-5H3. The first-order valence-corrected chi connectivity index (χ1v) is 9.10. The normalized spacial score (nSPS) is 10.8. The fourth-order valence-corrected chi connectivity index (χ4v) is 3.05. The molecule has 0 saturated carbocycles. The number of nitrogens with zero attached hydrogens (tertiary/aromatic N) is 2. The number of fused-ring (bicyclic) bond motifs is 1. The van der Waals surface area contributed by atoms with Crippen LogP contribution in [0, 0.1) is 0 Å². The minimum atomic E-state index is -0.142. The number of hydrogen-bond acceptors (Lipinski definition) is 4. The molecular weight excluding hydrogens is 332 g/mol. The van der Waals surface area contributed by atoms with Gasteiger partial charge in [-0.2, -0.15) is 0 Å². The molecule has 2 aromatic rings. The fraction of sp³-hybridized carbons (Fsp3) is 0.500. The predicted octanol–water partition coefficient (Wildman–Crippen LogP) is 3.30. The van der Waals surface area contributed by atoms with E-state index in [1.807, 2.05) is 18.7 Å². The Morgan fingerprint density at radius 1 is 1.08 bits per heavy atom. The van der Waals surface area contributed by atoms with Gasteiger partial charge in [0.1, 0.15) is 0 Å². The average molecular weight is 360 g/mol. The van der Waals surface area contributed by atoms with E-state index in [4.69, 9.17) is 9.47 Å². The second kappa shape index (κ2) is 8.74. The molecule has 0 aliphatic rings. The van der Waals surface area contributed by atoms with Gasteiger partial charge in [0.2, 0.25) is 0 Å². The number of methoxy groups -OCH3 is 2. The molecule has 1 heterocycles. The van der Waals surface area contributed by atoms with E-state index in [-0.39, 0.29) is 11.5 Å². The Morgan fingerprint density at radius 2 is 1.69 bits per heavy atom. The van der Waals surface area contributed by atoms with Crippen molar-refractivity contribution < 1.29 is 14.3 Å². The van der Waals surface area contributed by atoms with Crippen LogP contribution in [0.2, 0.25) is 0 Å². The molecule has 1 aromatic heterocycles. The first-order valence-electron chi connectivity index (χ1n) is 9.10. The molecule has 0 atom stereocenters. The maximum atomic E-state index is 13.2. The number of amides is 1. The molecule has 26 heavy (non-hydrogen) atoms. The Kier molecular flexibility index (Phi) is 6.66. The SMILES string of the molecule is CCCCN(CC)C(=O)c1cn(CC)c(=O)c2cc(OC)c(OC)cc12.